The molecule has 4 N–H and O–H groups in total. The van der Waals surface area contributed by atoms with Gasteiger partial charge in [0.25, 0.3) is 45.9 Å². The number of pyridine rings is 4. The van der Waals surface area contributed by atoms with Crippen LogP contribution in [0.1, 0.15) is 88.4 Å². The Balaban J connectivity index is 1.66. The molecule has 0 radical (unpaired) electrons. The normalized spacial score (nSPS) is 11.4. The Labute approximate surface area is 450 Å². The number of nitrogens with zero attached hydrogens (tertiary/aromatic N) is 6. The molecule has 426 valence electrons. The molecule has 1 atom stereocenters. The van der Waals surface area contributed by atoms with Crippen molar-refractivity contribution in [2.45, 2.75) is 58.1 Å². The summed E-state index contributed by atoms with van der Waals surface area (Å²) in [7, 11) is 10.9. The van der Waals surface area contributed by atoms with Gasteiger partial charge in [-0.3, -0.25) is 43.2 Å². The lowest BCUT2D eigenvalue weighted by molar-refractivity contribution is -0.126. The van der Waals surface area contributed by atoms with E-state index in [1.807, 2.05) is 0 Å². The second kappa shape index (κ2) is 29.2. The first-order valence-corrected chi connectivity index (χ1v) is 25.0. The van der Waals surface area contributed by atoms with E-state index in [2.05, 4.69) is 21.3 Å². The Morgan fingerprint density at radius 3 is 1.32 bits per heavy atom. The van der Waals surface area contributed by atoms with E-state index in [-0.39, 0.29) is 130 Å². The highest BCUT2D eigenvalue weighted by Gasteiger charge is 2.32. The van der Waals surface area contributed by atoms with E-state index < -0.39 is 69.5 Å². The van der Waals surface area contributed by atoms with E-state index in [1.54, 1.807) is 20.8 Å². The van der Waals surface area contributed by atoms with Crippen LogP contribution in [0, 0.1) is 0 Å². The quantitative estimate of drug-likeness (QED) is 0.0565. The summed E-state index contributed by atoms with van der Waals surface area (Å²) in [6.45, 7) is 5.11. The van der Waals surface area contributed by atoms with Crippen molar-refractivity contribution < 1.29 is 57.2 Å². The maximum Gasteiger partial charge on any atom is 0.407 e. The Morgan fingerprint density at radius 1 is 0.500 bits per heavy atom. The molecule has 0 spiro atoms. The van der Waals surface area contributed by atoms with Gasteiger partial charge in [0.2, 0.25) is 5.91 Å². The van der Waals surface area contributed by atoms with Crippen molar-refractivity contribution in [3.8, 4) is 23.0 Å². The Bertz CT molecular complexity index is 3030. The predicted molar refractivity (Wildman–Crippen MR) is 285 cm³/mol. The Kier molecular flexibility index (Phi) is 23.3. The monoisotopic (exact) mass is 1090 g/mol. The van der Waals surface area contributed by atoms with E-state index in [0.29, 0.717) is 0 Å². The molecular formula is C52H72N10O16. The van der Waals surface area contributed by atoms with Crippen LogP contribution in [0.5, 0.6) is 23.0 Å². The van der Waals surface area contributed by atoms with Crippen LogP contribution in [0.3, 0.4) is 0 Å². The zero-order valence-corrected chi connectivity index (χ0v) is 46.1. The minimum atomic E-state index is -1.29. The number of alkyl carbamates (subject to hydrolysis) is 1. The van der Waals surface area contributed by atoms with E-state index in [9.17, 15) is 47.9 Å². The van der Waals surface area contributed by atoms with Gasteiger partial charge in [-0.2, -0.15) is 0 Å². The number of hydrogen-bond acceptors (Lipinski definition) is 16. The number of carbonyl (C=O) groups excluding carboxylic acids is 6. The molecule has 0 bridgehead atoms. The molecule has 6 amide bonds. The molecule has 0 aromatic carbocycles. The molecule has 26 heteroatoms. The van der Waals surface area contributed by atoms with E-state index in [1.165, 1.54) is 115 Å². The molecule has 0 aliphatic carbocycles. The molecule has 0 aliphatic rings. The van der Waals surface area contributed by atoms with Crippen molar-refractivity contribution in [2.75, 3.05) is 87.5 Å². The summed E-state index contributed by atoms with van der Waals surface area (Å²) < 4.78 is 35.9. The fourth-order valence-corrected chi connectivity index (χ4v) is 7.99. The molecule has 4 aromatic heterocycles. The average Bonchev–Trinajstić information content (AvgIpc) is 3.43. The number of methoxy groups -OCH3 is 4. The van der Waals surface area contributed by atoms with Gasteiger partial charge in [0.05, 0.1) is 41.7 Å². The van der Waals surface area contributed by atoms with Crippen molar-refractivity contribution in [2.24, 2.45) is 28.2 Å². The largest absolute Gasteiger partial charge is 0.491 e. The van der Waals surface area contributed by atoms with Gasteiger partial charge < -0.3 is 77.8 Å². The highest BCUT2D eigenvalue weighted by molar-refractivity contribution is 5.97. The lowest BCUT2D eigenvalue weighted by atomic mass is 10.1. The first-order valence-electron chi connectivity index (χ1n) is 25.0. The average molecular weight is 1090 g/mol. The lowest BCUT2D eigenvalue weighted by Gasteiger charge is -2.32. The van der Waals surface area contributed by atoms with Gasteiger partial charge in [0.15, 0.2) is 23.0 Å². The van der Waals surface area contributed by atoms with Gasteiger partial charge in [-0.05, 0) is 95.0 Å². The van der Waals surface area contributed by atoms with Crippen LogP contribution in [0.25, 0.3) is 0 Å². The number of carbonyl (C=O) groups is 6. The van der Waals surface area contributed by atoms with Crippen LogP contribution in [-0.2, 0) is 42.5 Å². The van der Waals surface area contributed by atoms with E-state index in [0.717, 1.165) is 18.3 Å². The molecule has 78 heavy (non-hydrogen) atoms. The Morgan fingerprint density at radius 2 is 0.885 bits per heavy atom. The van der Waals surface area contributed by atoms with Gasteiger partial charge in [0, 0.05) is 74.0 Å². The number of amides is 6. The van der Waals surface area contributed by atoms with Gasteiger partial charge in [-0.1, -0.05) is 0 Å². The number of ether oxygens (including phenoxy) is 6. The summed E-state index contributed by atoms with van der Waals surface area (Å²) in [4.78, 5) is 137. The summed E-state index contributed by atoms with van der Waals surface area (Å²) in [6.07, 6.45) is -0.401. The molecule has 0 saturated heterocycles. The maximum atomic E-state index is 14.8. The summed E-state index contributed by atoms with van der Waals surface area (Å²) in [5.74, 6) is -3.08. The maximum absolute atomic E-state index is 14.8. The third-order valence-corrected chi connectivity index (χ3v) is 12.2. The molecule has 4 aromatic rings. The van der Waals surface area contributed by atoms with Crippen LogP contribution in [-0.4, -0.2) is 163 Å². The zero-order valence-electron chi connectivity index (χ0n) is 46.1. The van der Waals surface area contributed by atoms with Crippen molar-refractivity contribution >= 4 is 35.6 Å². The van der Waals surface area contributed by atoms with Gasteiger partial charge in [-0.15, -0.1) is 0 Å². The second-order valence-electron chi connectivity index (χ2n) is 18.6. The third kappa shape index (κ3) is 16.5. The van der Waals surface area contributed by atoms with Crippen molar-refractivity contribution in [1.82, 2.24) is 49.3 Å². The summed E-state index contributed by atoms with van der Waals surface area (Å²) in [6, 6.07) is 9.81. The minimum Gasteiger partial charge on any atom is -0.491 e. The Hall–Kier alpha value is -8.42. The first-order chi connectivity index (χ1) is 37.0. The van der Waals surface area contributed by atoms with Crippen molar-refractivity contribution in [3.05, 3.63) is 113 Å². The van der Waals surface area contributed by atoms with Crippen LogP contribution in [0.2, 0.25) is 0 Å². The lowest BCUT2D eigenvalue weighted by Crippen LogP contribution is -2.52. The van der Waals surface area contributed by atoms with Gasteiger partial charge >= 0.3 is 6.09 Å². The zero-order chi connectivity index (χ0) is 57.9. The molecule has 26 nitrogen and oxygen atoms in total. The van der Waals surface area contributed by atoms with E-state index in [4.69, 9.17) is 28.4 Å². The van der Waals surface area contributed by atoms with Crippen molar-refractivity contribution in [3.63, 3.8) is 0 Å². The highest BCUT2D eigenvalue weighted by Crippen LogP contribution is 2.18. The predicted octanol–water partition coefficient (Wildman–Crippen LogP) is 0.547. The van der Waals surface area contributed by atoms with Crippen LogP contribution >= 0.6 is 0 Å². The number of nitrogens with one attached hydrogen (secondary N) is 4. The number of hydrogen-bond donors (Lipinski definition) is 4. The molecule has 1 unspecified atom stereocenters. The van der Waals surface area contributed by atoms with Crippen molar-refractivity contribution in [1.29, 1.82) is 0 Å². The standard InChI is InChI=1S/C52H72N10O16/c1-52(2,3)78-51(72)56-27-32-77-31-26-55-44(65)35(62(46(67)37-19-23-41(76-11)50(71)60(37)7)30-14-25-54-43(64)34-17-21-39(74-9)48(69)58(34)5)15-12-28-61(45(66)36-18-22-40(75-10)49(70)59(36)6)29-13-24-53-42(63)33-16-20-38(73-8)47(68)57(33)4/h16-23,35H,12-15,24-32H2,1-11H3,(H,53,63)(H,54,64)(H,55,65)(H,56,72). The third-order valence-electron chi connectivity index (χ3n) is 12.2. The highest BCUT2D eigenvalue weighted by atomic mass is 16.6. The molecule has 0 saturated carbocycles. The fraction of sp³-hybridized carbons (Fsp3) is 0.500. The SMILES string of the molecule is COc1ccc(C(=O)NCCCN(CCCC(C(=O)NCCOCCNC(=O)OC(C)(C)C)N(CCCNC(=O)c2ccc(OC)c(=O)n2C)C(=O)c2ccc(OC)c(=O)n2C)C(=O)c2ccc(OC)c(=O)n2C)n(C)c1=O. The first kappa shape index (κ1) is 62.1. The molecule has 4 heterocycles. The van der Waals surface area contributed by atoms with Crippen LogP contribution in [0.15, 0.2) is 67.7 Å². The number of aromatic nitrogens is 4. The molecular weight excluding hydrogens is 1020 g/mol. The topological polar surface area (TPSA) is 300 Å². The minimum absolute atomic E-state index is 0.00187. The summed E-state index contributed by atoms with van der Waals surface area (Å²) in [5, 5.41) is 10.9. The second-order valence-corrected chi connectivity index (χ2v) is 18.6. The summed E-state index contributed by atoms with van der Waals surface area (Å²) in [5.41, 5.74) is -2.98. The number of rotatable bonds is 28. The molecule has 0 aliphatic heterocycles. The molecule has 4 rings (SSSR count). The van der Waals surface area contributed by atoms with Crippen LogP contribution < -0.4 is 62.5 Å². The van der Waals surface area contributed by atoms with Crippen LogP contribution in [0.4, 0.5) is 4.79 Å². The van der Waals surface area contributed by atoms with Gasteiger partial charge in [0.1, 0.15) is 34.4 Å². The van der Waals surface area contributed by atoms with Gasteiger partial charge in [-0.25, -0.2) is 4.79 Å². The smallest absolute Gasteiger partial charge is 0.407 e. The van der Waals surface area contributed by atoms with E-state index >= 15 is 0 Å². The fourth-order valence-electron chi connectivity index (χ4n) is 7.99. The summed E-state index contributed by atoms with van der Waals surface area (Å²) >= 11 is 0. The molecule has 0 fully saturated rings.